The van der Waals surface area contributed by atoms with Crippen LogP contribution in [0.15, 0.2) is 5.16 Å². The number of sulfonamides is 1. The summed E-state index contributed by atoms with van der Waals surface area (Å²) in [6.07, 6.45) is 6.88. The molecule has 1 saturated carbocycles. The smallest absolute Gasteiger partial charge is 0.273 e. The van der Waals surface area contributed by atoms with Crippen LogP contribution in [0.2, 0.25) is 0 Å². The van der Waals surface area contributed by atoms with Crippen molar-refractivity contribution in [3.63, 3.8) is 0 Å². The number of hydrogen-bond acceptors (Lipinski definition) is 4. The van der Waals surface area contributed by atoms with Gasteiger partial charge in [-0.15, -0.1) is 10.2 Å². The van der Waals surface area contributed by atoms with Gasteiger partial charge in [-0.2, -0.15) is 0 Å². The van der Waals surface area contributed by atoms with Crippen LogP contribution in [0, 0.1) is 0 Å². The van der Waals surface area contributed by atoms with Crippen LogP contribution in [0.25, 0.3) is 0 Å². The van der Waals surface area contributed by atoms with Crippen molar-refractivity contribution in [3.8, 4) is 0 Å². The van der Waals surface area contributed by atoms with Gasteiger partial charge in [0, 0.05) is 11.5 Å². The van der Waals surface area contributed by atoms with E-state index in [-0.39, 0.29) is 11.1 Å². The lowest BCUT2D eigenvalue weighted by molar-refractivity contribution is 0.336. The fraction of sp³-hybridized carbons (Fsp3) is 0.846. The summed E-state index contributed by atoms with van der Waals surface area (Å²) in [7, 11) is -3.85. The van der Waals surface area contributed by atoms with Gasteiger partial charge in [0.1, 0.15) is 5.82 Å². The van der Waals surface area contributed by atoms with E-state index in [0.717, 1.165) is 31.5 Å². The quantitative estimate of drug-likeness (QED) is 0.847. The van der Waals surface area contributed by atoms with Crippen LogP contribution in [0.5, 0.6) is 0 Å². The zero-order chi connectivity index (χ0) is 15.0. The highest BCUT2D eigenvalue weighted by molar-refractivity contribution is 7.89. The maximum atomic E-state index is 11.7. The summed E-state index contributed by atoms with van der Waals surface area (Å²) < 4.78 is 25.1. The molecule has 0 radical (unpaired) electrons. The first-order valence-corrected chi connectivity index (χ1v) is 8.74. The van der Waals surface area contributed by atoms with Crippen LogP contribution < -0.4 is 5.14 Å². The fourth-order valence-electron chi connectivity index (χ4n) is 2.90. The molecule has 1 heterocycles. The second-order valence-corrected chi connectivity index (χ2v) is 8.04. The molecule has 0 saturated heterocycles. The van der Waals surface area contributed by atoms with Crippen molar-refractivity contribution < 1.29 is 8.42 Å². The van der Waals surface area contributed by atoms with Gasteiger partial charge in [-0.1, -0.05) is 25.7 Å². The molecule has 0 amide bonds. The molecule has 1 aromatic heterocycles. The van der Waals surface area contributed by atoms with E-state index in [9.17, 15) is 8.42 Å². The van der Waals surface area contributed by atoms with Gasteiger partial charge >= 0.3 is 0 Å². The topological polar surface area (TPSA) is 90.9 Å². The van der Waals surface area contributed by atoms with Crippen LogP contribution in [0.3, 0.4) is 0 Å². The molecular weight excluding hydrogens is 276 g/mol. The molecule has 0 aliphatic heterocycles. The Labute approximate surface area is 120 Å². The van der Waals surface area contributed by atoms with Gasteiger partial charge in [-0.3, -0.25) is 4.57 Å². The van der Waals surface area contributed by atoms with Crippen LogP contribution in [-0.4, -0.2) is 23.2 Å². The highest BCUT2D eigenvalue weighted by atomic mass is 32.2. The van der Waals surface area contributed by atoms with E-state index in [1.165, 1.54) is 12.8 Å². The SMILES string of the molecule is CC(C)(C)n1c(C2CCCCCC2)nnc1S(N)(=O)=O. The Morgan fingerprint density at radius 3 is 2.10 bits per heavy atom. The number of hydrogen-bond donors (Lipinski definition) is 1. The molecule has 2 N–H and O–H groups in total. The molecule has 0 aromatic carbocycles. The average Bonchev–Trinajstić information content (AvgIpc) is 2.59. The minimum Gasteiger partial charge on any atom is -0.295 e. The highest BCUT2D eigenvalue weighted by Crippen LogP contribution is 2.34. The number of aromatic nitrogens is 3. The minimum absolute atomic E-state index is 0.121. The van der Waals surface area contributed by atoms with Crippen molar-refractivity contribution in [1.82, 2.24) is 14.8 Å². The summed E-state index contributed by atoms with van der Waals surface area (Å²) in [6, 6.07) is 0. The fourth-order valence-corrected chi connectivity index (χ4v) is 3.67. The average molecular weight is 300 g/mol. The molecule has 0 bridgehead atoms. The predicted molar refractivity (Wildman–Crippen MR) is 76.8 cm³/mol. The molecule has 2 rings (SSSR count). The molecule has 0 unspecified atom stereocenters. The Balaban J connectivity index is 2.51. The number of primary sulfonamides is 1. The minimum atomic E-state index is -3.85. The van der Waals surface area contributed by atoms with Gasteiger partial charge in [0.15, 0.2) is 0 Å². The molecule has 0 atom stereocenters. The summed E-state index contributed by atoms with van der Waals surface area (Å²) in [6.45, 7) is 5.85. The van der Waals surface area contributed by atoms with Gasteiger partial charge in [0.25, 0.3) is 15.2 Å². The van der Waals surface area contributed by atoms with Crippen LogP contribution in [0.4, 0.5) is 0 Å². The van der Waals surface area contributed by atoms with Gasteiger partial charge in [0.2, 0.25) is 0 Å². The van der Waals surface area contributed by atoms with E-state index in [0.29, 0.717) is 0 Å². The zero-order valence-corrected chi connectivity index (χ0v) is 13.3. The van der Waals surface area contributed by atoms with E-state index >= 15 is 0 Å². The molecule has 1 aliphatic carbocycles. The molecule has 20 heavy (non-hydrogen) atoms. The lowest BCUT2D eigenvalue weighted by atomic mass is 9.98. The molecule has 7 heteroatoms. The first kappa shape index (κ1) is 15.4. The van der Waals surface area contributed by atoms with Gasteiger partial charge in [-0.05, 0) is 33.6 Å². The monoisotopic (exact) mass is 300 g/mol. The number of nitrogens with two attached hydrogens (primary N) is 1. The molecule has 114 valence electrons. The van der Waals surface area contributed by atoms with Gasteiger partial charge in [-0.25, -0.2) is 13.6 Å². The molecule has 6 nitrogen and oxygen atoms in total. The largest absolute Gasteiger partial charge is 0.295 e. The summed E-state index contributed by atoms with van der Waals surface area (Å²) in [5, 5.41) is 13.2. The van der Waals surface area contributed by atoms with E-state index < -0.39 is 15.6 Å². The van der Waals surface area contributed by atoms with Crippen molar-refractivity contribution in [3.05, 3.63) is 5.82 Å². The normalized spacial score (nSPS) is 19.0. The zero-order valence-electron chi connectivity index (χ0n) is 12.5. The van der Waals surface area contributed by atoms with E-state index in [1.54, 1.807) is 4.57 Å². The number of nitrogens with zero attached hydrogens (tertiary/aromatic N) is 3. The van der Waals surface area contributed by atoms with Crippen molar-refractivity contribution in [1.29, 1.82) is 0 Å². The molecule has 1 aromatic rings. The summed E-state index contributed by atoms with van der Waals surface area (Å²) in [5.74, 6) is 1.04. The molecule has 0 spiro atoms. The van der Waals surface area contributed by atoms with E-state index in [1.807, 2.05) is 20.8 Å². The first-order chi connectivity index (χ1) is 9.21. The van der Waals surface area contributed by atoms with Gasteiger partial charge < -0.3 is 0 Å². The molecular formula is C13H24N4O2S. The van der Waals surface area contributed by atoms with Crippen molar-refractivity contribution in [2.24, 2.45) is 5.14 Å². The lowest BCUT2D eigenvalue weighted by Gasteiger charge is -2.26. The summed E-state index contributed by atoms with van der Waals surface area (Å²) in [5.41, 5.74) is -0.410. The van der Waals surface area contributed by atoms with Crippen LogP contribution in [-0.2, 0) is 15.6 Å². The van der Waals surface area contributed by atoms with Crippen LogP contribution >= 0.6 is 0 Å². The molecule has 1 aliphatic rings. The maximum absolute atomic E-state index is 11.7. The van der Waals surface area contributed by atoms with Crippen LogP contribution in [0.1, 0.15) is 71.0 Å². The Bertz CT molecular complexity index is 564. The Hall–Kier alpha value is -0.950. The first-order valence-electron chi connectivity index (χ1n) is 7.20. The van der Waals surface area contributed by atoms with Crippen molar-refractivity contribution >= 4 is 10.0 Å². The van der Waals surface area contributed by atoms with E-state index in [4.69, 9.17) is 5.14 Å². The standard InChI is InChI=1S/C13H24N4O2S/c1-13(2,3)17-11(10-8-6-4-5-7-9-10)15-16-12(17)20(14,18)19/h10H,4-9H2,1-3H3,(H2,14,18,19). The third kappa shape index (κ3) is 3.20. The van der Waals surface area contributed by atoms with Crippen molar-refractivity contribution in [2.45, 2.75) is 75.9 Å². The third-order valence-corrected chi connectivity index (χ3v) is 4.58. The summed E-state index contributed by atoms with van der Waals surface area (Å²) in [4.78, 5) is 0. The predicted octanol–water partition coefficient (Wildman–Crippen LogP) is 2.12. The second-order valence-electron chi connectivity index (χ2n) is 6.58. The Morgan fingerprint density at radius 1 is 1.10 bits per heavy atom. The van der Waals surface area contributed by atoms with Gasteiger partial charge in [0.05, 0.1) is 0 Å². The van der Waals surface area contributed by atoms with Crippen molar-refractivity contribution in [2.75, 3.05) is 0 Å². The highest BCUT2D eigenvalue weighted by Gasteiger charge is 2.32. The summed E-state index contributed by atoms with van der Waals surface area (Å²) >= 11 is 0. The van der Waals surface area contributed by atoms with E-state index in [2.05, 4.69) is 10.2 Å². The Kier molecular flexibility index (Phi) is 4.20. The molecule has 1 fully saturated rings. The lowest BCUT2D eigenvalue weighted by Crippen LogP contribution is -2.31. The maximum Gasteiger partial charge on any atom is 0.273 e. The Morgan fingerprint density at radius 2 is 1.65 bits per heavy atom. The second kappa shape index (κ2) is 5.44. The number of rotatable bonds is 2. The third-order valence-electron chi connectivity index (χ3n) is 3.80.